The van der Waals surface area contributed by atoms with Crippen LogP contribution in [0.25, 0.3) is 16.8 Å². The number of fused-ring (bicyclic) bond motifs is 2. The molecule has 4 aromatic heterocycles. The fourth-order valence-corrected chi connectivity index (χ4v) is 4.42. The van der Waals surface area contributed by atoms with Gasteiger partial charge in [-0.05, 0) is 44.0 Å². The van der Waals surface area contributed by atoms with Gasteiger partial charge in [0.25, 0.3) is 0 Å². The van der Waals surface area contributed by atoms with Crippen molar-refractivity contribution in [1.29, 1.82) is 0 Å². The van der Waals surface area contributed by atoms with E-state index in [0.29, 0.717) is 0 Å². The van der Waals surface area contributed by atoms with E-state index in [2.05, 4.69) is 57.0 Å². The van der Waals surface area contributed by atoms with Crippen LogP contribution in [0.5, 0.6) is 0 Å². The van der Waals surface area contributed by atoms with Gasteiger partial charge < -0.3 is 9.80 Å². The third-order valence-corrected chi connectivity index (χ3v) is 6.57. The van der Waals surface area contributed by atoms with E-state index in [-0.39, 0.29) is 0 Å². The fraction of sp³-hybridized carbons (Fsp3) is 0.348. The van der Waals surface area contributed by atoms with Gasteiger partial charge in [-0.2, -0.15) is 4.52 Å². The monoisotopic (exact) mass is 412 g/mol. The van der Waals surface area contributed by atoms with Gasteiger partial charge in [-0.15, -0.1) is 15.3 Å². The Balaban J connectivity index is 1.31. The van der Waals surface area contributed by atoms with Gasteiger partial charge in [0, 0.05) is 72.9 Å². The lowest BCUT2D eigenvalue weighted by Crippen LogP contribution is -2.37. The maximum absolute atomic E-state index is 4.80. The van der Waals surface area contributed by atoms with Crippen molar-refractivity contribution in [3.05, 3.63) is 59.3 Å². The third kappa shape index (κ3) is 3.01. The van der Waals surface area contributed by atoms with Crippen LogP contribution in [-0.4, -0.2) is 49.4 Å². The summed E-state index contributed by atoms with van der Waals surface area (Å²) in [7, 11) is 0. The quantitative estimate of drug-likeness (QED) is 0.512. The van der Waals surface area contributed by atoms with Gasteiger partial charge >= 0.3 is 0 Å². The van der Waals surface area contributed by atoms with Gasteiger partial charge in [-0.25, -0.2) is 4.98 Å². The summed E-state index contributed by atoms with van der Waals surface area (Å²) in [6, 6.07) is 6.53. The van der Waals surface area contributed by atoms with Crippen LogP contribution in [0.1, 0.15) is 28.8 Å². The lowest BCUT2D eigenvalue weighted by Gasteiger charge is -2.32. The summed E-state index contributed by atoms with van der Waals surface area (Å²) >= 11 is 0. The topological polar surface area (TPSA) is 75.3 Å². The first-order chi connectivity index (χ1) is 15.2. The first kappa shape index (κ1) is 18.2. The van der Waals surface area contributed by atoms with Crippen molar-refractivity contribution in [2.75, 3.05) is 29.4 Å². The average molecular weight is 413 g/mol. The third-order valence-electron chi connectivity index (χ3n) is 6.57. The molecule has 0 aliphatic carbocycles. The molecule has 6 heterocycles. The van der Waals surface area contributed by atoms with E-state index >= 15 is 0 Å². The normalized spacial score (nSPS) is 15.8. The van der Waals surface area contributed by atoms with Crippen LogP contribution in [0.15, 0.2) is 36.9 Å². The largest absolute Gasteiger partial charge is 0.356 e. The summed E-state index contributed by atoms with van der Waals surface area (Å²) in [5.41, 5.74) is 7.72. The van der Waals surface area contributed by atoms with Crippen LogP contribution >= 0.6 is 0 Å². The summed E-state index contributed by atoms with van der Waals surface area (Å²) in [5, 5.41) is 13.0. The van der Waals surface area contributed by atoms with Crippen molar-refractivity contribution < 1.29 is 0 Å². The Morgan fingerprint density at radius 2 is 1.77 bits per heavy atom. The minimum Gasteiger partial charge on any atom is -0.356 e. The molecule has 0 spiro atoms. The molecule has 0 bridgehead atoms. The molecule has 31 heavy (non-hydrogen) atoms. The Kier molecular flexibility index (Phi) is 4.12. The van der Waals surface area contributed by atoms with E-state index in [9.17, 15) is 0 Å². The summed E-state index contributed by atoms with van der Waals surface area (Å²) in [4.78, 5) is 14.1. The Morgan fingerprint density at radius 3 is 2.55 bits per heavy atom. The summed E-state index contributed by atoms with van der Waals surface area (Å²) in [5.74, 6) is 2.05. The van der Waals surface area contributed by atoms with Crippen LogP contribution in [0.3, 0.4) is 0 Å². The maximum atomic E-state index is 4.80. The van der Waals surface area contributed by atoms with Crippen molar-refractivity contribution in [1.82, 2.24) is 29.8 Å². The van der Waals surface area contributed by atoms with Gasteiger partial charge in [0.1, 0.15) is 12.1 Å². The zero-order chi connectivity index (χ0) is 20.9. The van der Waals surface area contributed by atoms with Gasteiger partial charge in [-0.3, -0.25) is 4.98 Å². The van der Waals surface area contributed by atoms with Gasteiger partial charge in [0.2, 0.25) is 0 Å². The number of hydrogen-bond donors (Lipinski definition) is 0. The average Bonchev–Trinajstić information content (AvgIpc) is 3.24. The highest BCUT2D eigenvalue weighted by Crippen LogP contribution is 2.30. The summed E-state index contributed by atoms with van der Waals surface area (Å²) in [6.45, 7) is 8.09. The highest BCUT2D eigenvalue weighted by molar-refractivity contribution is 5.65. The molecule has 1 fully saturated rings. The molecule has 0 aromatic carbocycles. The lowest BCUT2D eigenvalue weighted by atomic mass is 10.0. The fourth-order valence-electron chi connectivity index (χ4n) is 4.42. The second-order valence-corrected chi connectivity index (χ2v) is 8.42. The van der Waals surface area contributed by atoms with Crippen molar-refractivity contribution in [3.63, 3.8) is 0 Å². The second kappa shape index (κ2) is 7.01. The highest BCUT2D eigenvalue weighted by Gasteiger charge is 2.23. The molecule has 4 aromatic rings. The van der Waals surface area contributed by atoms with E-state index in [1.165, 1.54) is 17.7 Å². The SMILES string of the molecule is Cc1c(N2CCc3ncc(-c4ccc(N5CCC5)nc4)cc3C2)nn2cnnc2c1C. The number of nitrogens with zero attached hydrogens (tertiary/aromatic N) is 8. The molecule has 2 aliphatic rings. The minimum atomic E-state index is 0.788. The summed E-state index contributed by atoms with van der Waals surface area (Å²) in [6.07, 6.45) is 7.77. The van der Waals surface area contributed by atoms with Crippen LogP contribution in [0, 0.1) is 13.8 Å². The minimum absolute atomic E-state index is 0.788. The molecule has 1 saturated heterocycles. The Morgan fingerprint density at radius 1 is 0.903 bits per heavy atom. The number of anilines is 2. The van der Waals surface area contributed by atoms with E-state index in [1.807, 2.05) is 12.4 Å². The molecule has 0 radical (unpaired) electrons. The molecule has 8 heteroatoms. The van der Waals surface area contributed by atoms with Crippen molar-refractivity contribution in [2.45, 2.75) is 33.2 Å². The summed E-state index contributed by atoms with van der Waals surface area (Å²) < 4.78 is 1.77. The van der Waals surface area contributed by atoms with Crippen molar-refractivity contribution in [2.24, 2.45) is 0 Å². The number of aryl methyl sites for hydroxylation is 1. The maximum Gasteiger partial charge on any atom is 0.180 e. The lowest BCUT2D eigenvalue weighted by molar-refractivity contribution is 0.610. The molecular formula is C23H24N8. The Bertz CT molecular complexity index is 1270. The smallest absolute Gasteiger partial charge is 0.180 e. The highest BCUT2D eigenvalue weighted by atomic mass is 15.4. The molecule has 0 atom stereocenters. The van der Waals surface area contributed by atoms with E-state index < -0.39 is 0 Å². The van der Waals surface area contributed by atoms with E-state index in [4.69, 9.17) is 10.1 Å². The second-order valence-electron chi connectivity index (χ2n) is 8.42. The molecule has 0 amide bonds. The molecule has 6 rings (SSSR count). The predicted octanol–water partition coefficient (Wildman–Crippen LogP) is 2.97. The first-order valence-electron chi connectivity index (χ1n) is 10.8. The Hall–Kier alpha value is -3.55. The van der Waals surface area contributed by atoms with Crippen LogP contribution < -0.4 is 9.80 Å². The number of aromatic nitrogens is 6. The molecule has 2 aliphatic heterocycles. The number of pyridine rings is 2. The number of rotatable bonds is 3. The van der Waals surface area contributed by atoms with Gasteiger partial charge in [0.05, 0.1) is 0 Å². The Labute approximate surface area is 180 Å². The molecule has 8 nitrogen and oxygen atoms in total. The standard InChI is InChI=1S/C23H24N8/c1-15-16(2)23(28-31-14-26-27-22(15)31)30-9-6-20-19(13-30)10-18(12-24-20)17-4-5-21(25-11-17)29-7-3-8-29/h4-5,10-12,14H,3,6-9,13H2,1-2H3. The van der Waals surface area contributed by atoms with Crippen LogP contribution in [-0.2, 0) is 13.0 Å². The zero-order valence-corrected chi connectivity index (χ0v) is 17.8. The van der Waals surface area contributed by atoms with Crippen molar-refractivity contribution in [3.8, 4) is 11.1 Å². The first-order valence-corrected chi connectivity index (χ1v) is 10.8. The van der Waals surface area contributed by atoms with E-state index in [0.717, 1.165) is 72.1 Å². The van der Waals surface area contributed by atoms with Crippen LogP contribution in [0.2, 0.25) is 0 Å². The van der Waals surface area contributed by atoms with Gasteiger partial charge in [-0.1, -0.05) is 0 Å². The van der Waals surface area contributed by atoms with Crippen molar-refractivity contribution >= 4 is 17.3 Å². The molecule has 0 unspecified atom stereocenters. The molecule has 156 valence electrons. The number of hydrogen-bond acceptors (Lipinski definition) is 7. The van der Waals surface area contributed by atoms with Gasteiger partial charge in [0.15, 0.2) is 11.5 Å². The predicted molar refractivity (Wildman–Crippen MR) is 119 cm³/mol. The van der Waals surface area contributed by atoms with E-state index in [1.54, 1.807) is 10.8 Å². The molecule has 0 saturated carbocycles. The molecular weight excluding hydrogens is 388 g/mol. The molecule has 0 N–H and O–H groups in total. The zero-order valence-electron chi connectivity index (χ0n) is 17.8. The van der Waals surface area contributed by atoms with Crippen LogP contribution in [0.4, 0.5) is 11.6 Å².